The smallest absolute Gasteiger partial charge is 0.408 e. The summed E-state index contributed by atoms with van der Waals surface area (Å²) >= 11 is 0. The third-order valence-electron chi connectivity index (χ3n) is 6.61. The molecule has 2 aromatic carbocycles. The first kappa shape index (κ1) is 29.8. The van der Waals surface area contributed by atoms with Crippen LogP contribution in [-0.2, 0) is 46.4 Å². The third-order valence-corrected chi connectivity index (χ3v) is 6.61. The van der Waals surface area contributed by atoms with E-state index in [2.05, 4.69) is 10.1 Å². The highest BCUT2D eigenvalue weighted by Gasteiger charge is 2.40. The molecule has 10 nitrogen and oxygen atoms in total. The van der Waals surface area contributed by atoms with E-state index in [1.54, 1.807) is 12.1 Å². The molecule has 3 N–H and O–H groups in total. The van der Waals surface area contributed by atoms with Gasteiger partial charge in [-0.15, -0.1) is 0 Å². The normalized spacial score (nSPS) is 16.4. The van der Waals surface area contributed by atoms with Crippen LogP contribution in [0, 0.1) is 0 Å². The zero-order chi connectivity index (χ0) is 28.3. The highest BCUT2D eigenvalue weighted by atomic mass is 16.6. The zero-order valence-corrected chi connectivity index (χ0v) is 22.3. The van der Waals surface area contributed by atoms with E-state index in [4.69, 9.17) is 19.9 Å². The molecule has 0 aromatic heterocycles. The number of benzene rings is 2. The summed E-state index contributed by atoms with van der Waals surface area (Å²) in [5.74, 6) is -2.93. The maximum atomic E-state index is 13.4. The summed E-state index contributed by atoms with van der Waals surface area (Å²) in [4.78, 5) is 50.3. The predicted octanol–water partition coefficient (Wildman–Crippen LogP) is 3.20. The van der Waals surface area contributed by atoms with Crippen LogP contribution in [0.25, 0.3) is 0 Å². The van der Waals surface area contributed by atoms with E-state index in [-0.39, 0.29) is 13.0 Å². The molecule has 1 fully saturated rings. The summed E-state index contributed by atoms with van der Waals surface area (Å²) in [6.45, 7) is 1.94. The second kappa shape index (κ2) is 14.4. The molecule has 1 aliphatic carbocycles. The lowest BCUT2D eigenvalue weighted by molar-refractivity contribution is -0.168. The lowest BCUT2D eigenvalue weighted by atomic mass is 9.98. The molecule has 1 saturated carbocycles. The van der Waals surface area contributed by atoms with Crippen LogP contribution in [0.1, 0.15) is 50.2 Å². The number of nitrogens with one attached hydrogen (secondary N) is 1. The van der Waals surface area contributed by atoms with E-state index in [9.17, 15) is 19.2 Å². The van der Waals surface area contributed by atoms with Gasteiger partial charge < -0.3 is 30.0 Å². The topological polar surface area (TPSA) is 143 Å². The molecule has 210 valence electrons. The Morgan fingerprint density at radius 2 is 1.51 bits per heavy atom. The number of esters is 3. The highest BCUT2D eigenvalue weighted by molar-refractivity contribution is 5.94. The van der Waals surface area contributed by atoms with Gasteiger partial charge >= 0.3 is 24.0 Å². The van der Waals surface area contributed by atoms with Crippen LogP contribution in [-0.4, -0.2) is 54.9 Å². The van der Waals surface area contributed by atoms with Crippen LogP contribution >= 0.6 is 0 Å². The van der Waals surface area contributed by atoms with E-state index in [0.717, 1.165) is 43.9 Å². The molecule has 0 radical (unpaired) electrons. The van der Waals surface area contributed by atoms with Crippen molar-refractivity contribution in [1.29, 1.82) is 0 Å². The number of amides is 1. The van der Waals surface area contributed by atoms with Gasteiger partial charge in [-0.05, 0) is 30.9 Å². The van der Waals surface area contributed by atoms with Crippen molar-refractivity contribution < 1.29 is 38.1 Å². The fraction of sp³-hybridized carbons (Fsp3) is 0.448. The quantitative estimate of drug-likeness (QED) is 0.236. The number of rotatable bonds is 12. The Kier molecular flexibility index (Phi) is 11.0. The minimum Gasteiger partial charge on any atom is -0.469 e. The number of hydrogen-bond donors (Lipinski definition) is 2. The lowest BCUT2D eigenvalue weighted by Gasteiger charge is -2.34. The van der Waals surface area contributed by atoms with Crippen LogP contribution in [0.3, 0.4) is 0 Å². The minimum absolute atomic E-state index is 0.0285. The van der Waals surface area contributed by atoms with Crippen molar-refractivity contribution in [2.24, 2.45) is 5.73 Å². The number of alkyl carbamates (subject to hydrolysis) is 1. The first-order chi connectivity index (χ1) is 18.7. The van der Waals surface area contributed by atoms with Crippen molar-refractivity contribution in [3.8, 4) is 0 Å². The Hall–Kier alpha value is -3.76. The second-order valence-corrected chi connectivity index (χ2v) is 9.81. The average Bonchev–Trinajstić information content (AvgIpc) is 3.36. The van der Waals surface area contributed by atoms with Crippen LogP contribution in [0.2, 0.25) is 0 Å². The SMILES string of the molecule is COC(=O)C[C@H](N)C(=O)OC(=O)[C@@H](NC(=O)OCc1ccccc1)C(Cc1ccccc1)OC1(C)CCCC1. The van der Waals surface area contributed by atoms with Gasteiger partial charge in [-0.3, -0.25) is 4.79 Å². The van der Waals surface area contributed by atoms with Crippen molar-refractivity contribution in [3.63, 3.8) is 0 Å². The molecule has 0 saturated heterocycles. The first-order valence-corrected chi connectivity index (χ1v) is 13.0. The summed E-state index contributed by atoms with van der Waals surface area (Å²) in [7, 11) is 1.15. The first-order valence-electron chi connectivity index (χ1n) is 13.0. The molecule has 1 unspecified atom stereocenters. The van der Waals surface area contributed by atoms with E-state index < -0.39 is 54.2 Å². The maximum absolute atomic E-state index is 13.4. The molecule has 0 aliphatic heterocycles. The van der Waals surface area contributed by atoms with Gasteiger partial charge in [-0.2, -0.15) is 0 Å². The third kappa shape index (κ3) is 9.49. The maximum Gasteiger partial charge on any atom is 0.408 e. The molecule has 1 amide bonds. The Balaban J connectivity index is 1.83. The summed E-state index contributed by atoms with van der Waals surface area (Å²) in [5, 5.41) is 2.55. The minimum atomic E-state index is -1.42. The van der Waals surface area contributed by atoms with Crippen molar-refractivity contribution in [1.82, 2.24) is 5.32 Å². The van der Waals surface area contributed by atoms with E-state index in [1.807, 2.05) is 55.5 Å². The fourth-order valence-corrected chi connectivity index (χ4v) is 4.46. The number of nitrogens with two attached hydrogens (primary N) is 1. The molecule has 2 aromatic rings. The largest absolute Gasteiger partial charge is 0.469 e. The summed E-state index contributed by atoms with van der Waals surface area (Å²) in [6.07, 6.45) is 1.50. The Morgan fingerprint density at radius 3 is 2.10 bits per heavy atom. The Labute approximate surface area is 228 Å². The lowest BCUT2D eigenvalue weighted by Crippen LogP contribution is -2.54. The summed E-state index contributed by atoms with van der Waals surface area (Å²) in [6, 6.07) is 15.6. The fourth-order valence-electron chi connectivity index (χ4n) is 4.46. The second-order valence-electron chi connectivity index (χ2n) is 9.81. The van der Waals surface area contributed by atoms with Crippen LogP contribution in [0.4, 0.5) is 4.79 Å². The number of carbonyl (C=O) groups excluding carboxylic acids is 4. The van der Waals surface area contributed by atoms with Gasteiger partial charge in [0.1, 0.15) is 12.6 Å². The average molecular weight is 541 g/mol. The summed E-state index contributed by atoms with van der Waals surface area (Å²) < 4.78 is 21.4. The predicted molar refractivity (Wildman–Crippen MR) is 141 cm³/mol. The molecule has 10 heteroatoms. The Bertz CT molecular complexity index is 1100. The summed E-state index contributed by atoms with van der Waals surface area (Å²) in [5.41, 5.74) is 6.82. The zero-order valence-electron chi connectivity index (χ0n) is 22.3. The van der Waals surface area contributed by atoms with Gasteiger partial charge in [-0.1, -0.05) is 73.5 Å². The van der Waals surface area contributed by atoms with Gasteiger partial charge in [0.15, 0.2) is 6.04 Å². The molecule has 1 aliphatic rings. The number of ether oxygens (including phenoxy) is 4. The molecule has 3 rings (SSSR count). The number of methoxy groups -OCH3 is 1. The van der Waals surface area contributed by atoms with Crippen LogP contribution in [0.5, 0.6) is 0 Å². The van der Waals surface area contributed by atoms with E-state index >= 15 is 0 Å². The number of hydrogen-bond acceptors (Lipinski definition) is 9. The van der Waals surface area contributed by atoms with Crippen molar-refractivity contribution in [3.05, 3.63) is 71.8 Å². The Morgan fingerprint density at radius 1 is 0.923 bits per heavy atom. The van der Waals surface area contributed by atoms with Crippen LogP contribution in [0.15, 0.2) is 60.7 Å². The molecular formula is C29H36N2O8. The van der Waals surface area contributed by atoms with Crippen LogP contribution < -0.4 is 11.1 Å². The molecule has 3 atom stereocenters. The van der Waals surface area contributed by atoms with Crippen molar-refractivity contribution in [2.45, 2.75) is 75.8 Å². The van der Waals surface area contributed by atoms with E-state index in [1.165, 1.54) is 0 Å². The monoisotopic (exact) mass is 540 g/mol. The number of carbonyl (C=O) groups is 4. The molecule has 0 spiro atoms. The molecule has 0 heterocycles. The van der Waals surface area contributed by atoms with Gasteiger partial charge in [0.2, 0.25) is 0 Å². The van der Waals surface area contributed by atoms with Gasteiger partial charge in [0.05, 0.1) is 25.2 Å². The molecular weight excluding hydrogens is 504 g/mol. The molecule has 0 bridgehead atoms. The van der Waals surface area contributed by atoms with Gasteiger partial charge in [0, 0.05) is 6.42 Å². The molecule has 39 heavy (non-hydrogen) atoms. The highest BCUT2D eigenvalue weighted by Crippen LogP contribution is 2.35. The van der Waals surface area contributed by atoms with E-state index in [0.29, 0.717) is 0 Å². The van der Waals surface area contributed by atoms with Crippen molar-refractivity contribution in [2.75, 3.05) is 7.11 Å². The van der Waals surface area contributed by atoms with Gasteiger partial charge in [-0.25, -0.2) is 14.4 Å². The standard InChI is InChI=1S/C29H36N2O8/c1-29(15-9-10-16-29)39-23(17-20-11-5-3-6-12-20)25(27(34)38-26(33)22(30)18-24(32)36-2)31-28(35)37-19-21-13-7-4-8-14-21/h3-8,11-14,22-23,25H,9-10,15-19,30H2,1-2H3,(H,31,35)/t22-,23?,25-/m0/s1. The van der Waals surface area contributed by atoms with Gasteiger partial charge in [0.25, 0.3) is 0 Å². The van der Waals surface area contributed by atoms with Crippen molar-refractivity contribution >= 4 is 24.0 Å².